The summed E-state index contributed by atoms with van der Waals surface area (Å²) in [5, 5.41) is 0. The van der Waals surface area contributed by atoms with Gasteiger partial charge in [0.25, 0.3) is 0 Å². The Hall–Kier alpha value is -1.96. The number of carbonyl (C=O) groups is 1. The van der Waals surface area contributed by atoms with Crippen LogP contribution in [0.25, 0.3) is 0 Å². The summed E-state index contributed by atoms with van der Waals surface area (Å²) >= 11 is 0. The highest BCUT2D eigenvalue weighted by Crippen LogP contribution is 2.43. The first-order valence-corrected chi connectivity index (χ1v) is 22.6. The van der Waals surface area contributed by atoms with Gasteiger partial charge in [0.2, 0.25) is 0 Å². The molecule has 0 amide bonds. The minimum atomic E-state index is -4.30. The van der Waals surface area contributed by atoms with Gasteiger partial charge in [0, 0.05) is 6.42 Å². The maximum Gasteiger partial charge on any atom is 0.472 e. The minimum Gasteiger partial charge on any atom is -0.498 e. The van der Waals surface area contributed by atoms with Crippen molar-refractivity contribution in [3.8, 4) is 0 Å². The first-order chi connectivity index (χ1) is 25.6. The first kappa shape index (κ1) is 51.0. The molecule has 1 N–H and O–H groups in total. The smallest absolute Gasteiger partial charge is 0.472 e. The van der Waals surface area contributed by atoms with Gasteiger partial charge in [-0.3, -0.25) is 13.8 Å². The molecule has 0 aromatic rings. The standard InChI is InChI=1S/C44H80NO7P/c1-6-8-10-12-14-16-18-20-22-24-26-28-30-32-34-36-39-49-41-43(42-51-53(47,48)50-40-38-45(3,4)5)52-44(46)37-35-33-31-29-27-25-23-21-19-17-15-13-11-9-7-2/h9,11,13,15,17,19,21,23,36,39,43H,6-8,10,12,14,16,18,20,22,24-35,37-38,40-42H2,1-5H3/p+1/b11-9+,15-13+,19-17+,23-21+,39-36+/t43-/m1/s1. The Morgan fingerprint density at radius 3 is 1.66 bits per heavy atom. The van der Waals surface area contributed by atoms with Gasteiger partial charge in [-0.05, 0) is 44.6 Å². The second-order valence-corrected chi connectivity index (χ2v) is 16.6. The fourth-order valence-electron chi connectivity index (χ4n) is 5.47. The molecule has 2 atom stereocenters. The van der Waals surface area contributed by atoms with Crippen LogP contribution in [0.1, 0.15) is 162 Å². The van der Waals surface area contributed by atoms with Crippen molar-refractivity contribution >= 4 is 13.8 Å². The van der Waals surface area contributed by atoms with Gasteiger partial charge in [-0.25, -0.2) is 4.57 Å². The third-order valence-corrected chi connectivity index (χ3v) is 9.74. The lowest BCUT2D eigenvalue weighted by molar-refractivity contribution is -0.870. The maximum atomic E-state index is 12.6. The van der Waals surface area contributed by atoms with E-state index in [-0.39, 0.29) is 32.2 Å². The molecule has 0 spiro atoms. The van der Waals surface area contributed by atoms with Crippen molar-refractivity contribution in [1.29, 1.82) is 0 Å². The summed E-state index contributed by atoms with van der Waals surface area (Å²) in [6, 6.07) is 0. The van der Waals surface area contributed by atoms with Gasteiger partial charge in [-0.1, -0.05) is 165 Å². The number of rotatable bonds is 38. The number of phosphoric ester groups is 1. The predicted molar refractivity (Wildman–Crippen MR) is 224 cm³/mol. The lowest BCUT2D eigenvalue weighted by Gasteiger charge is -2.24. The summed E-state index contributed by atoms with van der Waals surface area (Å²) in [5.74, 6) is -0.360. The molecule has 0 aliphatic rings. The number of allylic oxidation sites excluding steroid dienone is 9. The average molecular weight is 767 g/mol. The number of unbranched alkanes of at least 4 members (excludes halogenated alkanes) is 19. The van der Waals surface area contributed by atoms with Crippen LogP contribution < -0.4 is 0 Å². The minimum absolute atomic E-state index is 0.0365. The Labute approximate surface area is 326 Å². The molecular weight excluding hydrogens is 685 g/mol. The summed E-state index contributed by atoms with van der Waals surface area (Å²) in [4.78, 5) is 22.8. The normalized spacial score (nSPS) is 14.4. The number of nitrogens with zero attached hydrogens (tertiary/aromatic N) is 1. The summed E-state index contributed by atoms with van der Waals surface area (Å²) in [6.45, 7) is 4.76. The monoisotopic (exact) mass is 767 g/mol. The molecule has 0 saturated carbocycles. The average Bonchev–Trinajstić information content (AvgIpc) is 3.11. The van der Waals surface area contributed by atoms with E-state index < -0.39 is 13.9 Å². The lowest BCUT2D eigenvalue weighted by atomic mass is 10.0. The maximum absolute atomic E-state index is 12.6. The number of carbonyl (C=O) groups excluding carboxylic acids is 1. The SMILES string of the molecule is CC/C=C/C=C/C=C/C=C/CCCCCCCC(=O)O[C@H](CO/C=C/CCCCCCCCCCCCCCCC)COP(=O)(O)OCC[N+](C)(C)C. The van der Waals surface area contributed by atoms with E-state index in [2.05, 4.69) is 38.2 Å². The Morgan fingerprint density at radius 2 is 1.11 bits per heavy atom. The van der Waals surface area contributed by atoms with Crippen LogP contribution in [0.5, 0.6) is 0 Å². The molecule has 0 aromatic carbocycles. The van der Waals surface area contributed by atoms with E-state index in [1.165, 1.54) is 83.5 Å². The molecule has 0 aliphatic heterocycles. The number of quaternary nitrogens is 1. The second kappa shape index (κ2) is 37.0. The molecule has 8 nitrogen and oxygen atoms in total. The third kappa shape index (κ3) is 41.1. The van der Waals surface area contributed by atoms with Crippen LogP contribution >= 0.6 is 7.82 Å². The number of ether oxygens (including phenoxy) is 2. The Kier molecular flexibility index (Phi) is 35.6. The van der Waals surface area contributed by atoms with Crippen LogP contribution in [-0.2, 0) is 27.9 Å². The molecule has 0 bridgehead atoms. The summed E-state index contributed by atoms with van der Waals surface area (Å²) in [6.07, 6.45) is 46.3. The topological polar surface area (TPSA) is 91.3 Å². The summed E-state index contributed by atoms with van der Waals surface area (Å²) in [5.41, 5.74) is 0. The van der Waals surface area contributed by atoms with Gasteiger partial charge in [0.1, 0.15) is 19.8 Å². The molecule has 0 rings (SSSR count). The largest absolute Gasteiger partial charge is 0.498 e. The van der Waals surface area contributed by atoms with E-state index in [0.717, 1.165) is 57.8 Å². The van der Waals surface area contributed by atoms with Crippen LogP contribution in [-0.4, -0.2) is 69.0 Å². The number of likely N-dealkylation sites (N-methyl/N-ethyl adjacent to an activating group) is 1. The molecule has 0 fully saturated rings. The van der Waals surface area contributed by atoms with E-state index >= 15 is 0 Å². The molecule has 0 radical (unpaired) electrons. The van der Waals surface area contributed by atoms with Gasteiger partial charge in [-0.2, -0.15) is 0 Å². The van der Waals surface area contributed by atoms with Crippen LogP contribution in [0.4, 0.5) is 0 Å². The van der Waals surface area contributed by atoms with E-state index in [1.54, 1.807) is 6.26 Å². The number of hydrogen-bond acceptors (Lipinski definition) is 6. The van der Waals surface area contributed by atoms with E-state index in [1.807, 2.05) is 51.5 Å². The van der Waals surface area contributed by atoms with Crippen LogP contribution in [0.2, 0.25) is 0 Å². The lowest BCUT2D eigenvalue weighted by Crippen LogP contribution is -2.37. The van der Waals surface area contributed by atoms with Crippen molar-refractivity contribution in [2.24, 2.45) is 0 Å². The highest BCUT2D eigenvalue weighted by atomic mass is 31.2. The van der Waals surface area contributed by atoms with Crippen LogP contribution in [0.3, 0.4) is 0 Å². The van der Waals surface area contributed by atoms with Gasteiger partial charge in [-0.15, -0.1) is 0 Å². The number of esters is 1. The Bertz CT molecular complexity index is 1030. The van der Waals surface area contributed by atoms with Crippen molar-refractivity contribution < 1.29 is 37.3 Å². The molecular formula is C44H81NO7P+. The van der Waals surface area contributed by atoms with Crippen molar-refractivity contribution in [3.05, 3.63) is 60.9 Å². The molecule has 0 saturated heterocycles. The molecule has 1 unspecified atom stereocenters. The highest BCUT2D eigenvalue weighted by Gasteiger charge is 2.26. The third-order valence-electron chi connectivity index (χ3n) is 8.75. The fraction of sp³-hybridized carbons (Fsp3) is 0.750. The van der Waals surface area contributed by atoms with Crippen LogP contribution in [0.15, 0.2) is 60.9 Å². The molecule has 9 heteroatoms. The summed E-state index contributed by atoms with van der Waals surface area (Å²) < 4.78 is 34.7. The fourth-order valence-corrected chi connectivity index (χ4v) is 6.21. The molecule has 53 heavy (non-hydrogen) atoms. The molecule has 308 valence electrons. The number of phosphoric acid groups is 1. The van der Waals surface area contributed by atoms with Crippen molar-refractivity contribution in [1.82, 2.24) is 0 Å². The number of hydrogen-bond donors (Lipinski definition) is 1. The van der Waals surface area contributed by atoms with E-state index in [0.29, 0.717) is 11.0 Å². The van der Waals surface area contributed by atoms with Gasteiger partial charge >= 0.3 is 13.8 Å². The zero-order valence-electron chi connectivity index (χ0n) is 34.7. The molecule has 0 heterocycles. The second-order valence-electron chi connectivity index (χ2n) is 15.2. The van der Waals surface area contributed by atoms with Gasteiger partial charge in [0.05, 0.1) is 34.0 Å². The Morgan fingerprint density at radius 1 is 0.623 bits per heavy atom. The highest BCUT2D eigenvalue weighted by molar-refractivity contribution is 7.47. The molecule has 0 aromatic heterocycles. The predicted octanol–water partition coefficient (Wildman–Crippen LogP) is 12.5. The van der Waals surface area contributed by atoms with Crippen molar-refractivity contribution in [2.75, 3.05) is 47.5 Å². The Balaban J connectivity index is 4.36. The molecule has 0 aliphatic carbocycles. The quantitative estimate of drug-likeness (QED) is 0.0167. The zero-order chi connectivity index (χ0) is 39.1. The van der Waals surface area contributed by atoms with Gasteiger partial charge in [0.15, 0.2) is 6.10 Å². The zero-order valence-corrected chi connectivity index (χ0v) is 35.6. The van der Waals surface area contributed by atoms with E-state index in [4.69, 9.17) is 18.5 Å². The van der Waals surface area contributed by atoms with E-state index in [9.17, 15) is 14.3 Å². The first-order valence-electron chi connectivity index (χ1n) is 21.1. The summed E-state index contributed by atoms with van der Waals surface area (Å²) in [7, 11) is 1.61. The van der Waals surface area contributed by atoms with Crippen molar-refractivity contribution in [3.63, 3.8) is 0 Å². The van der Waals surface area contributed by atoms with Gasteiger partial charge < -0.3 is 18.9 Å². The van der Waals surface area contributed by atoms with Crippen LogP contribution in [0, 0.1) is 0 Å². The van der Waals surface area contributed by atoms with Crippen molar-refractivity contribution in [2.45, 2.75) is 168 Å².